The number of benzene rings is 1. The van der Waals surface area contributed by atoms with Crippen LogP contribution in [-0.4, -0.2) is 21.7 Å². The van der Waals surface area contributed by atoms with E-state index in [9.17, 15) is 9.59 Å². The second-order valence-electron chi connectivity index (χ2n) is 9.29. The van der Waals surface area contributed by atoms with Crippen molar-refractivity contribution in [1.29, 1.82) is 0 Å². The number of aliphatic carboxylic acids is 1. The Morgan fingerprint density at radius 3 is 2.56 bits per heavy atom. The fraction of sp³-hybridized carbons (Fsp3) is 0.538. The molecule has 1 aromatic heterocycles. The zero-order valence-electron chi connectivity index (χ0n) is 18.6. The molecule has 2 aliphatic rings. The number of unbranched alkanes of at least 4 members (excludes halogenated alkanes) is 1. The number of carboxylic acids is 1. The summed E-state index contributed by atoms with van der Waals surface area (Å²) in [5, 5.41) is 12.6. The second kappa shape index (κ2) is 10.3. The zero-order chi connectivity index (χ0) is 22.5. The number of carbonyl (C=O) groups is 1. The van der Waals surface area contributed by atoms with Crippen molar-refractivity contribution in [1.82, 2.24) is 4.57 Å². The third-order valence-corrected chi connectivity index (χ3v) is 6.95. The summed E-state index contributed by atoms with van der Waals surface area (Å²) < 4.78 is 17.3. The van der Waals surface area contributed by atoms with E-state index in [0.717, 1.165) is 37.3 Å². The summed E-state index contributed by atoms with van der Waals surface area (Å²) in [5.74, 6) is -1.33. The Kier molecular flexibility index (Phi) is 7.28. The van der Waals surface area contributed by atoms with Crippen LogP contribution in [0.25, 0.3) is 10.9 Å². The minimum Gasteiger partial charge on any atom is -0.478 e. The smallest absolute Gasteiger partial charge is 0.327 e. The van der Waals surface area contributed by atoms with Crippen molar-refractivity contribution in [2.24, 2.45) is 0 Å². The first-order valence-corrected chi connectivity index (χ1v) is 12.1. The molecule has 6 heteroatoms. The van der Waals surface area contributed by atoms with Gasteiger partial charge in [0.2, 0.25) is 0 Å². The number of fused-ring (bicyclic) bond motifs is 1. The molecule has 32 heavy (non-hydrogen) atoms. The van der Waals surface area contributed by atoms with Gasteiger partial charge in [0, 0.05) is 35.3 Å². The van der Waals surface area contributed by atoms with Gasteiger partial charge in [0.15, 0.2) is 5.43 Å². The lowest BCUT2D eigenvalue weighted by atomic mass is 9.95. The molecule has 0 unspecified atom stereocenters. The monoisotopic (exact) mass is 440 g/mol. The van der Waals surface area contributed by atoms with Crippen molar-refractivity contribution in [3.63, 3.8) is 0 Å². The fourth-order valence-electron chi connectivity index (χ4n) is 5.26. The van der Waals surface area contributed by atoms with Gasteiger partial charge in [-0.25, -0.2) is 9.18 Å². The Hall–Kier alpha value is -2.63. The summed E-state index contributed by atoms with van der Waals surface area (Å²) in [6, 6.07) is 3.89. The number of nitrogens with one attached hydrogen (secondary N) is 1. The molecule has 0 spiro atoms. The molecule has 2 fully saturated rings. The number of hydrogen-bond acceptors (Lipinski definition) is 3. The number of aromatic nitrogens is 1. The number of halogens is 1. The molecule has 0 bridgehead atoms. The van der Waals surface area contributed by atoms with Crippen LogP contribution in [0.5, 0.6) is 0 Å². The summed E-state index contributed by atoms with van der Waals surface area (Å²) in [5.41, 5.74) is 1.89. The molecule has 1 aromatic carbocycles. The molecular weight excluding hydrogens is 407 g/mol. The van der Waals surface area contributed by atoms with Crippen LogP contribution in [0.15, 0.2) is 35.3 Å². The Balaban J connectivity index is 1.67. The Morgan fingerprint density at radius 2 is 1.84 bits per heavy atom. The Morgan fingerprint density at radius 1 is 1.12 bits per heavy atom. The van der Waals surface area contributed by atoms with E-state index in [2.05, 4.69) is 9.88 Å². The number of nitrogens with zero attached hydrogens (tertiary/aromatic N) is 1. The normalized spacial score (nSPS) is 18.0. The predicted octanol–water partition coefficient (Wildman–Crippen LogP) is 5.96. The Bertz CT molecular complexity index is 1050. The van der Waals surface area contributed by atoms with Crippen molar-refractivity contribution in [3.05, 3.63) is 52.1 Å². The van der Waals surface area contributed by atoms with Crippen LogP contribution in [0.1, 0.15) is 82.2 Å². The molecule has 2 N–H and O–H groups in total. The summed E-state index contributed by atoms with van der Waals surface area (Å²) in [6.45, 7) is 0. The molecule has 0 saturated heterocycles. The van der Waals surface area contributed by atoms with Crippen LogP contribution in [0.2, 0.25) is 0 Å². The van der Waals surface area contributed by atoms with E-state index in [0.29, 0.717) is 48.0 Å². The summed E-state index contributed by atoms with van der Waals surface area (Å²) >= 11 is 0. The quantitative estimate of drug-likeness (QED) is 0.392. The van der Waals surface area contributed by atoms with Crippen molar-refractivity contribution >= 4 is 22.6 Å². The number of rotatable bonds is 8. The summed E-state index contributed by atoms with van der Waals surface area (Å²) in [7, 11) is 0. The summed E-state index contributed by atoms with van der Waals surface area (Å²) in [4.78, 5) is 23.8. The van der Waals surface area contributed by atoms with E-state index in [1.807, 2.05) is 12.3 Å². The molecule has 2 saturated carbocycles. The fourth-order valence-corrected chi connectivity index (χ4v) is 5.26. The molecule has 0 amide bonds. The Labute approximate surface area is 188 Å². The maximum atomic E-state index is 15.0. The number of aryl methyl sites for hydroxylation is 1. The molecule has 0 aliphatic heterocycles. The third-order valence-electron chi connectivity index (χ3n) is 6.95. The van der Waals surface area contributed by atoms with Gasteiger partial charge in [-0.3, -0.25) is 4.79 Å². The molecule has 2 aromatic rings. The molecule has 2 aliphatic carbocycles. The van der Waals surface area contributed by atoms with Crippen LogP contribution in [-0.2, 0) is 11.2 Å². The van der Waals surface area contributed by atoms with Crippen molar-refractivity contribution in [2.75, 3.05) is 5.32 Å². The minimum atomic E-state index is -0.965. The van der Waals surface area contributed by atoms with Gasteiger partial charge >= 0.3 is 5.97 Å². The summed E-state index contributed by atoms with van der Waals surface area (Å²) in [6.07, 6.45) is 16.7. The lowest BCUT2D eigenvalue weighted by Crippen LogP contribution is -2.23. The van der Waals surface area contributed by atoms with E-state index in [1.54, 1.807) is 6.08 Å². The van der Waals surface area contributed by atoms with Crippen LogP contribution in [0.4, 0.5) is 10.1 Å². The van der Waals surface area contributed by atoms with E-state index in [-0.39, 0.29) is 11.2 Å². The van der Waals surface area contributed by atoms with Gasteiger partial charge in [-0.1, -0.05) is 38.2 Å². The molecule has 172 valence electrons. The zero-order valence-corrected chi connectivity index (χ0v) is 18.6. The lowest BCUT2D eigenvalue weighted by Gasteiger charge is -2.25. The molecule has 0 atom stereocenters. The molecule has 4 rings (SSSR count). The standard InChI is InChI=1S/C26H33FN2O3/c27-22-15-21-24(16-23(22)28-19-10-4-2-5-11-19)29(20-12-7-8-13-20)17-18(26(21)32)9-3-1-6-14-25(30)31/h6,14-17,19-20,28H,1-5,7-13H2,(H,30,31). The molecule has 1 heterocycles. The van der Waals surface area contributed by atoms with Gasteiger partial charge < -0.3 is 15.0 Å². The highest BCUT2D eigenvalue weighted by atomic mass is 19.1. The second-order valence-corrected chi connectivity index (χ2v) is 9.29. The lowest BCUT2D eigenvalue weighted by molar-refractivity contribution is -0.131. The first-order valence-electron chi connectivity index (χ1n) is 12.1. The third kappa shape index (κ3) is 5.22. The highest BCUT2D eigenvalue weighted by Gasteiger charge is 2.22. The highest BCUT2D eigenvalue weighted by Crippen LogP contribution is 2.34. The predicted molar refractivity (Wildman–Crippen MR) is 126 cm³/mol. The van der Waals surface area contributed by atoms with Gasteiger partial charge in [-0.2, -0.15) is 0 Å². The van der Waals surface area contributed by atoms with E-state index >= 15 is 4.39 Å². The molecule has 5 nitrogen and oxygen atoms in total. The average molecular weight is 441 g/mol. The first kappa shape index (κ1) is 22.6. The maximum absolute atomic E-state index is 15.0. The SMILES string of the molecule is O=C(O)C=CCCCc1cn(C2CCCC2)c2cc(NC3CCCCC3)c(F)cc2c1=O. The van der Waals surface area contributed by atoms with Crippen LogP contribution >= 0.6 is 0 Å². The minimum absolute atomic E-state index is 0.112. The number of hydrogen-bond donors (Lipinski definition) is 2. The molecule has 0 radical (unpaired) electrons. The first-order chi connectivity index (χ1) is 15.5. The topological polar surface area (TPSA) is 71.3 Å². The van der Waals surface area contributed by atoms with Crippen molar-refractivity contribution in [2.45, 2.75) is 89.1 Å². The average Bonchev–Trinajstić information content (AvgIpc) is 3.31. The molecular formula is C26H33FN2O3. The van der Waals surface area contributed by atoms with Crippen molar-refractivity contribution < 1.29 is 14.3 Å². The number of pyridine rings is 1. The largest absolute Gasteiger partial charge is 0.478 e. The van der Waals surface area contributed by atoms with E-state index in [4.69, 9.17) is 5.11 Å². The highest BCUT2D eigenvalue weighted by molar-refractivity contribution is 5.84. The van der Waals surface area contributed by atoms with Gasteiger partial charge in [0.25, 0.3) is 0 Å². The van der Waals surface area contributed by atoms with E-state index in [1.165, 1.54) is 38.2 Å². The number of allylic oxidation sites excluding steroid dienone is 1. The van der Waals surface area contributed by atoms with Crippen LogP contribution in [0.3, 0.4) is 0 Å². The number of carboxylic acid groups (broad SMARTS) is 1. The van der Waals surface area contributed by atoms with Gasteiger partial charge in [0.1, 0.15) is 5.82 Å². The van der Waals surface area contributed by atoms with Gasteiger partial charge in [-0.15, -0.1) is 0 Å². The van der Waals surface area contributed by atoms with Crippen molar-refractivity contribution in [3.8, 4) is 0 Å². The van der Waals surface area contributed by atoms with Gasteiger partial charge in [0.05, 0.1) is 11.2 Å². The van der Waals surface area contributed by atoms with Crippen LogP contribution in [0, 0.1) is 5.82 Å². The van der Waals surface area contributed by atoms with Crippen LogP contribution < -0.4 is 10.7 Å². The van der Waals surface area contributed by atoms with E-state index < -0.39 is 5.97 Å². The maximum Gasteiger partial charge on any atom is 0.327 e. The number of anilines is 1. The van der Waals surface area contributed by atoms with Gasteiger partial charge in [-0.05, 0) is 57.1 Å².